The third-order valence-electron chi connectivity index (χ3n) is 0.976. The first kappa shape index (κ1) is 9.42. The lowest BCUT2D eigenvalue weighted by Crippen LogP contribution is -2.15. The molecule has 0 radical (unpaired) electrons. The van der Waals surface area contributed by atoms with Crippen LogP contribution in [0, 0.1) is 22.7 Å². The standard InChI is InChI=1S/C8H8N2O/c1-3-7(5-9)11-8(4-2)6-10/h3-4,7-8H,1-2H2. The highest BCUT2D eigenvalue weighted by atomic mass is 16.5. The maximum Gasteiger partial charge on any atom is 0.164 e. The summed E-state index contributed by atoms with van der Waals surface area (Å²) < 4.78 is 4.89. The lowest BCUT2D eigenvalue weighted by Gasteiger charge is -2.06. The largest absolute Gasteiger partial charge is 0.337 e. The molecule has 11 heavy (non-hydrogen) atoms. The van der Waals surface area contributed by atoms with Crippen LogP contribution in [-0.2, 0) is 4.74 Å². The Hall–Kier alpha value is -1.58. The maximum atomic E-state index is 8.38. The van der Waals surface area contributed by atoms with Crippen LogP contribution < -0.4 is 0 Å². The quantitative estimate of drug-likeness (QED) is 0.562. The van der Waals surface area contributed by atoms with Gasteiger partial charge in [0.05, 0.1) is 12.1 Å². The molecule has 0 aliphatic carbocycles. The van der Waals surface area contributed by atoms with Crippen molar-refractivity contribution in [2.75, 3.05) is 0 Å². The fraction of sp³-hybridized carbons (Fsp3) is 0.250. The zero-order valence-corrected chi connectivity index (χ0v) is 6.03. The number of hydrogen-bond acceptors (Lipinski definition) is 3. The Balaban J connectivity index is 4.02. The molecule has 0 N–H and O–H groups in total. The molecule has 0 heterocycles. The first-order chi connectivity index (χ1) is 5.28. The molecule has 0 aliphatic rings. The second kappa shape index (κ2) is 5.22. The summed E-state index contributed by atoms with van der Waals surface area (Å²) in [7, 11) is 0. The van der Waals surface area contributed by atoms with Crippen LogP contribution >= 0.6 is 0 Å². The van der Waals surface area contributed by atoms with E-state index in [9.17, 15) is 0 Å². The van der Waals surface area contributed by atoms with Gasteiger partial charge in [0.25, 0.3) is 0 Å². The van der Waals surface area contributed by atoms with Gasteiger partial charge in [0, 0.05) is 0 Å². The van der Waals surface area contributed by atoms with Crippen LogP contribution in [0.15, 0.2) is 25.3 Å². The third kappa shape index (κ3) is 3.20. The summed E-state index contributed by atoms with van der Waals surface area (Å²) in [5.41, 5.74) is 0. The molecule has 0 rings (SSSR count). The average Bonchev–Trinajstić information content (AvgIpc) is 2.07. The van der Waals surface area contributed by atoms with E-state index in [2.05, 4.69) is 13.2 Å². The molecule has 0 aromatic rings. The summed E-state index contributed by atoms with van der Waals surface area (Å²) >= 11 is 0. The fourth-order valence-electron chi connectivity index (χ4n) is 0.435. The summed E-state index contributed by atoms with van der Waals surface area (Å²) in [5, 5.41) is 16.8. The van der Waals surface area contributed by atoms with E-state index < -0.39 is 12.2 Å². The number of rotatable bonds is 4. The van der Waals surface area contributed by atoms with E-state index >= 15 is 0 Å². The summed E-state index contributed by atoms with van der Waals surface area (Å²) in [4.78, 5) is 0. The van der Waals surface area contributed by atoms with Gasteiger partial charge in [-0.05, 0) is 12.2 Å². The molecule has 2 atom stereocenters. The normalized spacial score (nSPS) is 13.6. The van der Waals surface area contributed by atoms with Gasteiger partial charge in [-0.3, -0.25) is 0 Å². The summed E-state index contributed by atoms with van der Waals surface area (Å²) in [6.45, 7) is 6.72. The van der Waals surface area contributed by atoms with E-state index in [4.69, 9.17) is 15.3 Å². The average molecular weight is 148 g/mol. The highest BCUT2D eigenvalue weighted by Crippen LogP contribution is 1.98. The van der Waals surface area contributed by atoms with Crippen molar-refractivity contribution in [1.82, 2.24) is 0 Å². The van der Waals surface area contributed by atoms with E-state index in [-0.39, 0.29) is 0 Å². The number of nitrogens with zero attached hydrogens (tertiary/aromatic N) is 2. The van der Waals surface area contributed by atoms with Gasteiger partial charge in [-0.25, -0.2) is 0 Å². The lowest BCUT2D eigenvalue weighted by atomic mass is 10.3. The minimum absolute atomic E-state index is 0.738. The fourth-order valence-corrected chi connectivity index (χ4v) is 0.435. The molecule has 3 nitrogen and oxygen atoms in total. The van der Waals surface area contributed by atoms with Crippen molar-refractivity contribution < 1.29 is 4.74 Å². The zero-order chi connectivity index (χ0) is 8.69. The van der Waals surface area contributed by atoms with Crippen LogP contribution in [0.25, 0.3) is 0 Å². The van der Waals surface area contributed by atoms with E-state index in [0.717, 1.165) is 0 Å². The number of nitriles is 2. The summed E-state index contributed by atoms with van der Waals surface area (Å²) in [6.07, 6.45) is 1.18. The molecule has 0 aromatic carbocycles. The molecule has 3 heteroatoms. The Morgan fingerprint density at radius 3 is 1.64 bits per heavy atom. The van der Waals surface area contributed by atoms with Crippen LogP contribution in [-0.4, -0.2) is 12.2 Å². The molecule has 0 amide bonds. The number of hydrogen-bond donors (Lipinski definition) is 0. The molecule has 0 aromatic heterocycles. The van der Waals surface area contributed by atoms with Crippen molar-refractivity contribution in [1.29, 1.82) is 10.5 Å². The van der Waals surface area contributed by atoms with Crippen molar-refractivity contribution >= 4 is 0 Å². The molecular formula is C8H8N2O. The Morgan fingerprint density at radius 2 is 1.45 bits per heavy atom. The first-order valence-corrected chi connectivity index (χ1v) is 2.98. The minimum Gasteiger partial charge on any atom is -0.337 e. The molecule has 0 fully saturated rings. The second-order valence-electron chi connectivity index (χ2n) is 1.71. The van der Waals surface area contributed by atoms with Crippen molar-refractivity contribution in [3.63, 3.8) is 0 Å². The van der Waals surface area contributed by atoms with Crippen LogP contribution in [0.3, 0.4) is 0 Å². The van der Waals surface area contributed by atoms with Gasteiger partial charge >= 0.3 is 0 Å². The molecule has 0 bridgehead atoms. The Morgan fingerprint density at radius 1 is 1.09 bits per heavy atom. The predicted octanol–water partition coefficient (Wildman–Crippen LogP) is 1.16. The van der Waals surface area contributed by atoms with Gasteiger partial charge in [-0.15, -0.1) is 0 Å². The highest BCUT2D eigenvalue weighted by molar-refractivity contribution is 5.04. The molecule has 0 spiro atoms. The van der Waals surface area contributed by atoms with Gasteiger partial charge in [-0.2, -0.15) is 10.5 Å². The predicted molar refractivity (Wildman–Crippen MR) is 40.3 cm³/mol. The van der Waals surface area contributed by atoms with Gasteiger partial charge in [0.2, 0.25) is 0 Å². The molecule has 56 valence electrons. The van der Waals surface area contributed by atoms with E-state index in [1.54, 1.807) is 0 Å². The molecule has 0 aliphatic heterocycles. The van der Waals surface area contributed by atoms with Crippen molar-refractivity contribution in [3.8, 4) is 12.1 Å². The van der Waals surface area contributed by atoms with Crippen molar-refractivity contribution in [2.45, 2.75) is 12.2 Å². The zero-order valence-electron chi connectivity index (χ0n) is 6.03. The molecule has 0 saturated carbocycles. The van der Waals surface area contributed by atoms with Crippen LogP contribution in [0.1, 0.15) is 0 Å². The molecule has 2 unspecified atom stereocenters. The maximum absolute atomic E-state index is 8.38. The SMILES string of the molecule is C=CC(C#N)OC(C#N)C=C. The lowest BCUT2D eigenvalue weighted by molar-refractivity contribution is 0.105. The number of ether oxygens (including phenoxy) is 1. The first-order valence-electron chi connectivity index (χ1n) is 2.98. The summed E-state index contributed by atoms with van der Waals surface area (Å²) in [6, 6.07) is 3.62. The van der Waals surface area contributed by atoms with Crippen molar-refractivity contribution in [2.24, 2.45) is 0 Å². The Bertz CT molecular complexity index is 197. The van der Waals surface area contributed by atoms with E-state index in [0.29, 0.717) is 0 Å². The van der Waals surface area contributed by atoms with Crippen LogP contribution in [0.4, 0.5) is 0 Å². The minimum atomic E-state index is -0.738. The topological polar surface area (TPSA) is 56.8 Å². The van der Waals surface area contributed by atoms with Crippen LogP contribution in [0.2, 0.25) is 0 Å². The summed E-state index contributed by atoms with van der Waals surface area (Å²) in [5.74, 6) is 0. The Kier molecular flexibility index (Phi) is 4.47. The monoisotopic (exact) mass is 148 g/mol. The molecule has 0 saturated heterocycles. The van der Waals surface area contributed by atoms with Gasteiger partial charge in [-0.1, -0.05) is 13.2 Å². The van der Waals surface area contributed by atoms with E-state index in [1.807, 2.05) is 12.1 Å². The second-order valence-corrected chi connectivity index (χ2v) is 1.71. The third-order valence-corrected chi connectivity index (χ3v) is 0.976. The molecular weight excluding hydrogens is 140 g/mol. The van der Waals surface area contributed by atoms with Crippen LogP contribution in [0.5, 0.6) is 0 Å². The van der Waals surface area contributed by atoms with E-state index in [1.165, 1.54) is 12.2 Å². The smallest absolute Gasteiger partial charge is 0.164 e. The van der Waals surface area contributed by atoms with Gasteiger partial charge in [0.15, 0.2) is 12.2 Å². The van der Waals surface area contributed by atoms with Gasteiger partial charge < -0.3 is 4.74 Å². The Labute approximate surface area is 65.8 Å². The van der Waals surface area contributed by atoms with Crippen molar-refractivity contribution in [3.05, 3.63) is 25.3 Å². The highest BCUT2D eigenvalue weighted by Gasteiger charge is 2.08. The van der Waals surface area contributed by atoms with Gasteiger partial charge in [0.1, 0.15) is 0 Å².